The number of likely N-dealkylation sites (tertiary alicyclic amines) is 1. The van der Waals surface area contributed by atoms with Crippen molar-refractivity contribution in [2.24, 2.45) is 5.92 Å². The molecule has 1 aliphatic rings. The smallest absolute Gasteiger partial charge is 0.321 e. The summed E-state index contributed by atoms with van der Waals surface area (Å²) in [4.78, 5) is 13.2. The highest BCUT2D eigenvalue weighted by atomic mass is 79.9. The van der Waals surface area contributed by atoms with E-state index in [1.165, 1.54) is 0 Å². The van der Waals surface area contributed by atoms with E-state index in [1.54, 1.807) is 12.1 Å². The quantitative estimate of drug-likeness (QED) is 0.899. The molecule has 0 radical (unpaired) electrons. The van der Waals surface area contributed by atoms with Gasteiger partial charge >= 0.3 is 5.97 Å². The zero-order chi connectivity index (χ0) is 15.0. The number of furan rings is 1. The topological polar surface area (TPSA) is 92.6 Å². The van der Waals surface area contributed by atoms with Gasteiger partial charge in [0.1, 0.15) is 6.04 Å². The average molecular weight is 356 g/mol. The molecule has 0 aliphatic carbocycles. The first kappa shape index (κ1) is 14.3. The predicted octanol–water partition coefficient (Wildman–Crippen LogP) is 2.39. The molecule has 1 aliphatic heterocycles. The summed E-state index contributed by atoms with van der Waals surface area (Å²) in [5.41, 5.74) is 0. The Morgan fingerprint density at radius 2 is 2.29 bits per heavy atom. The maximum Gasteiger partial charge on any atom is 0.321 e. The highest BCUT2D eigenvalue weighted by Gasteiger charge is 2.37. The molecule has 21 heavy (non-hydrogen) atoms. The van der Waals surface area contributed by atoms with Crippen LogP contribution in [-0.2, 0) is 11.3 Å². The Labute approximate surface area is 129 Å². The zero-order valence-corrected chi connectivity index (χ0v) is 12.9. The minimum Gasteiger partial charge on any atom is -0.480 e. The van der Waals surface area contributed by atoms with Gasteiger partial charge in [0.2, 0.25) is 5.89 Å². The van der Waals surface area contributed by atoms with Crippen molar-refractivity contribution in [3.8, 4) is 11.7 Å². The first-order chi connectivity index (χ1) is 10.0. The zero-order valence-electron chi connectivity index (χ0n) is 11.3. The molecule has 2 unspecified atom stereocenters. The van der Waals surface area contributed by atoms with Crippen molar-refractivity contribution < 1.29 is 18.7 Å². The number of carboxylic acid groups (broad SMARTS) is 1. The highest BCUT2D eigenvalue weighted by molar-refractivity contribution is 9.10. The second-order valence-corrected chi connectivity index (χ2v) is 5.91. The summed E-state index contributed by atoms with van der Waals surface area (Å²) in [6.07, 6.45) is 0.850. The van der Waals surface area contributed by atoms with Crippen molar-refractivity contribution in [2.45, 2.75) is 25.9 Å². The second-order valence-electron chi connectivity index (χ2n) is 5.12. The molecule has 0 bridgehead atoms. The van der Waals surface area contributed by atoms with Crippen LogP contribution in [0.5, 0.6) is 0 Å². The number of halogens is 1. The lowest BCUT2D eigenvalue weighted by atomic mass is 10.0. The van der Waals surface area contributed by atoms with E-state index >= 15 is 0 Å². The van der Waals surface area contributed by atoms with E-state index in [0.29, 0.717) is 29.4 Å². The van der Waals surface area contributed by atoms with Gasteiger partial charge in [-0.2, -0.15) is 0 Å². The van der Waals surface area contributed by atoms with Gasteiger partial charge in [-0.05, 0) is 46.9 Å². The summed E-state index contributed by atoms with van der Waals surface area (Å²) in [7, 11) is 0. The number of carboxylic acids is 1. The minimum absolute atomic E-state index is 0.117. The van der Waals surface area contributed by atoms with Crippen molar-refractivity contribution >= 4 is 21.9 Å². The van der Waals surface area contributed by atoms with Crippen LogP contribution < -0.4 is 0 Å². The Kier molecular flexibility index (Phi) is 3.81. The van der Waals surface area contributed by atoms with E-state index in [2.05, 4.69) is 26.1 Å². The van der Waals surface area contributed by atoms with E-state index in [0.717, 1.165) is 6.42 Å². The third kappa shape index (κ3) is 2.86. The summed E-state index contributed by atoms with van der Waals surface area (Å²) < 4.78 is 11.5. The van der Waals surface area contributed by atoms with E-state index in [1.807, 2.05) is 11.8 Å². The fourth-order valence-corrected chi connectivity index (χ4v) is 2.93. The summed E-state index contributed by atoms with van der Waals surface area (Å²) in [6.45, 7) is 2.98. The SMILES string of the molecule is CC1CCN(Cc2nnc(-c3ccc(Br)o3)o2)C1C(=O)O. The van der Waals surface area contributed by atoms with Gasteiger partial charge in [0.05, 0.1) is 6.54 Å². The minimum atomic E-state index is -0.810. The number of hydrogen-bond acceptors (Lipinski definition) is 6. The standard InChI is InChI=1S/C13H14BrN3O4/c1-7-4-5-17(11(7)13(18)19)6-10-15-16-12(21-10)8-2-3-9(14)20-8/h2-3,7,11H,4-6H2,1H3,(H,18,19). The van der Waals surface area contributed by atoms with Crippen LogP contribution >= 0.6 is 15.9 Å². The van der Waals surface area contributed by atoms with Crippen LogP contribution in [0.15, 0.2) is 25.6 Å². The van der Waals surface area contributed by atoms with E-state index in [4.69, 9.17) is 8.83 Å². The van der Waals surface area contributed by atoms with E-state index in [9.17, 15) is 9.90 Å². The molecule has 0 aromatic carbocycles. The second kappa shape index (κ2) is 5.61. The third-order valence-corrected chi connectivity index (χ3v) is 4.07. The summed E-state index contributed by atoms with van der Waals surface area (Å²) in [5.74, 6) is 0.457. The van der Waals surface area contributed by atoms with Crippen LogP contribution in [0.4, 0.5) is 0 Å². The Morgan fingerprint density at radius 3 is 2.95 bits per heavy atom. The van der Waals surface area contributed by atoms with Crippen LogP contribution in [0.25, 0.3) is 11.7 Å². The van der Waals surface area contributed by atoms with Gasteiger partial charge in [-0.3, -0.25) is 9.69 Å². The molecule has 112 valence electrons. The van der Waals surface area contributed by atoms with E-state index in [-0.39, 0.29) is 11.8 Å². The Morgan fingerprint density at radius 1 is 1.48 bits per heavy atom. The van der Waals surface area contributed by atoms with Gasteiger partial charge in [-0.15, -0.1) is 10.2 Å². The van der Waals surface area contributed by atoms with Crippen molar-refractivity contribution in [3.63, 3.8) is 0 Å². The van der Waals surface area contributed by atoms with Crippen LogP contribution in [0, 0.1) is 5.92 Å². The fourth-order valence-electron chi connectivity index (χ4n) is 2.62. The van der Waals surface area contributed by atoms with Crippen LogP contribution in [0.2, 0.25) is 0 Å². The number of rotatable bonds is 4. The fraction of sp³-hybridized carbons (Fsp3) is 0.462. The molecule has 7 nitrogen and oxygen atoms in total. The summed E-state index contributed by atoms with van der Waals surface area (Å²) in [5, 5.41) is 17.2. The number of hydrogen-bond donors (Lipinski definition) is 1. The van der Waals surface area contributed by atoms with E-state index < -0.39 is 12.0 Å². The van der Waals surface area contributed by atoms with Crippen molar-refractivity contribution in [3.05, 3.63) is 22.7 Å². The number of aromatic nitrogens is 2. The monoisotopic (exact) mass is 355 g/mol. The molecule has 1 fully saturated rings. The average Bonchev–Trinajstić information content (AvgIpc) is 3.11. The Balaban J connectivity index is 1.74. The lowest BCUT2D eigenvalue weighted by Gasteiger charge is -2.21. The van der Waals surface area contributed by atoms with Crippen molar-refractivity contribution in [1.29, 1.82) is 0 Å². The first-order valence-corrected chi connectivity index (χ1v) is 7.39. The molecular weight excluding hydrogens is 342 g/mol. The molecule has 0 spiro atoms. The third-order valence-electron chi connectivity index (χ3n) is 3.65. The number of nitrogens with zero attached hydrogens (tertiary/aromatic N) is 3. The van der Waals surface area contributed by atoms with Crippen molar-refractivity contribution in [2.75, 3.05) is 6.54 Å². The molecule has 3 rings (SSSR count). The molecular formula is C13H14BrN3O4. The lowest BCUT2D eigenvalue weighted by Crippen LogP contribution is -2.38. The predicted molar refractivity (Wildman–Crippen MR) is 75.3 cm³/mol. The molecule has 2 atom stereocenters. The number of carbonyl (C=O) groups is 1. The van der Waals surface area contributed by atoms with Crippen molar-refractivity contribution in [1.82, 2.24) is 15.1 Å². The molecule has 1 N–H and O–H groups in total. The normalized spacial score (nSPS) is 22.8. The number of aliphatic carboxylic acids is 1. The molecule has 2 aromatic rings. The molecule has 2 aromatic heterocycles. The summed E-state index contributed by atoms with van der Waals surface area (Å²) in [6, 6.07) is 2.96. The maximum atomic E-state index is 11.3. The Hall–Kier alpha value is -1.67. The Bertz CT molecular complexity index is 653. The van der Waals surface area contributed by atoms with Gasteiger partial charge in [-0.1, -0.05) is 6.92 Å². The molecule has 3 heterocycles. The summed E-state index contributed by atoms with van der Waals surface area (Å²) >= 11 is 3.21. The molecule has 0 amide bonds. The van der Waals surface area contributed by atoms with Crippen LogP contribution in [0.3, 0.4) is 0 Å². The van der Waals surface area contributed by atoms with Gasteiger partial charge < -0.3 is 13.9 Å². The lowest BCUT2D eigenvalue weighted by molar-refractivity contribution is -0.143. The van der Waals surface area contributed by atoms with Gasteiger partial charge in [0, 0.05) is 0 Å². The van der Waals surface area contributed by atoms with Gasteiger partial charge in [-0.25, -0.2) is 0 Å². The molecule has 1 saturated heterocycles. The van der Waals surface area contributed by atoms with Crippen LogP contribution in [-0.4, -0.2) is 38.8 Å². The molecule has 8 heteroatoms. The van der Waals surface area contributed by atoms with Gasteiger partial charge in [0.15, 0.2) is 10.4 Å². The first-order valence-electron chi connectivity index (χ1n) is 6.59. The highest BCUT2D eigenvalue weighted by Crippen LogP contribution is 2.27. The van der Waals surface area contributed by atoms with Crippen LogP contribution in [0.1, 0.15) is 19.2 Å². The largest absolute Gasteiger partial charge is 0.480 e. The molecule has 0 saturated carbocycles. The maximum absolute atomic E-state index is 11.3. The van der Waals surface area contributed by atoms with Gasteiger partial charge in [0.25, 0.3) is 5.89 Å².